The van der Waals surface area contributed by atoms with Gasteiger partial charge in [-0.1, -0.05) is 58.4 Å². The van der Waals surface area contributed by atoms with Crippen LogP contribution in [-0.4, -0.2) is 30.2 Å². The average molecular weight is 530 g/mol. The molecule has 1 amide bonds. The van der Waals surface area contributed by atoms with Gasteiger partial charge in [-0.3, -0.25) is 9.59 Å². The van der Waals surface area contributed by atoms with Crippen molar-refractivity contribution in [2.45, 2.75) is 39.3 Å². The summed E-state index contributed by atoms with van der Waals surface area (Å²) in [6.45, 7) is 5.34. The molecule has 2 atom stereocenters. The summed E-state index contributed by atoms with van der Waals surface area (Å²) >= 11 is 3.39. The van der Waals surface area contributed by atoms with E-state index in [1.54, 1.807) is 26.8 Å². The van der Waals surface area contributed by atoms with Gasteiger partial charge in [0.25, 0.3) is 0 Å². The second-order valence-electron chi connectivity index (χ2n) is 8.48. The number of carbonyl (C=O) groups excluding carboxylic acids is 3. The third-order valence-electron chi connectivity index (χ3n) is 5.45. The largest absolute Gasteiger partial charge is 0.466 e. The lowest BCUT2D eigenvalue weighted by molar-refractivity contribution is -0.159. The van der Waals surface area contributed by atoms with E-state index < -0.39 is 35.4 Å². The number of hydrogen-bond donors (Lipinski definition) is 1. The number of benzene rings is 2. The summed E-state index contributed by atoms with van der Waals surface area (Å²) in [5.41, 5.74) is 0.631. The van der Waals surface area contributed by atoms with Gasteiger partial charge < -0.3 is 19.5 Å². The van der Waals surface area contributed by atoms with E-state index in [1.165, 1.54) is 0 Å². The van der Waals surface area contributed by atoms with E-state index >= 15 is 0 Å². The van der Waals surface area contributed by atoms with Crippen molar-refractivity contribution < 1.29 is 28.6 Å². The van der Waals surface area contributed by atoms with Gasteiger partial charge in [-0.15, -0.1) is 0 Å². The van der Waals surface area contributed by atoms with Gasteiger partial charge in [-0.2, -0.15) is 0 Å². The van der Waals surface area contributed by atoms with Gasteiger partial charge in [0.2, 0.25) is 0 Å². The molecule has 180 valence electrons. The normalized spacial score (nSPS) is 17.9. The number of alkyl carbamates (subject to hydrolysis) is 1. The predicted molar refractivity (Wildman–Crippen MR) is 129 cm³/mol. The zero-order valence-electron chi connectivity index (χ0n) is 19.4. The Labute approximate surface area is 207 Å². The number of hydrogen-bond acceptors (Lipinski definition) is 6. The van der Waals surface area contributed by atoms with Crippen LogP contribution in [-0.2, 0) is 36.8 Å². The topological polar surface area (TPSA) is 90.9 Å². The minimum absolute atomic E-state index is 0.0995. The Morgan fingerprint density at radius 2 is 1.71 bits per heavy atom. The maximum absolute atomic E-state index is 13.0. The summed E-state index contributed by atoms with van der Waals surface area (Å²) in [5.74, 6) is -2.49. The Balaban J connectivity index is 1.76. The molecule has 0 unspecified atom stereocenters. The molecule has 0 spiro atoms. The van der Waals surface area contributed by atoms with Crippen LogP contribution in [0.4, 0.5) is 4.79 Å². The third-order valence-corrected chi connectivity index (χ3v) is 5.98. The monoisotopic (exact) mass is 529 g/mol. The number of ether oxygens (including phenoxy) is 3. The molecule has 2 aromatic rings. The van der Waals surface area contributed by atoms with Crippen molar-refractivity contribution in [3.63, 3.8) is 0 Å². The summed E-state index contributed by atoms with van der Waals surface area (Å²) < 4.78 is 17.1. The molecule has 0 bridgehead atoms. The SMILES string of the molecule is CCOC(=O)[C@@H]1C=C(C(C)(C)NC(=O)OCc2ccccc2)OC(=O)[C@@H]1Cc1ccc(Br)cc1. The predicted octanol–water partition coefficient (Wildman–Crippen LogP) is 4.93. The lowest BCUT2D eigenvalue weighted by Gasteiger charge is -2.34. The Kier molecular flexibility index (Phi) is 8.50. The molecule has 1 N–H and O–H groups in total. The number of rotatable bonds is 8. The van der Waals surface area contributed by atoms with Crippen LogP contribution < -0.4 is 5.32 Å². The lowest BCUT2D eigenvalue weighted by atomic mass is 9.82. The molecule has 1 aliphatic rings. The van der Waals surface area contributed by atoms with Gasteiger partial charge in [0.1, 0.15) is 12.4 Å². The third kappa shape index (κ3) is 6.70. The fraction of sp³-hybridized carbons (Fsp3) is 0.346. The molecule has 0 saturated carbocycles. The minimum Gasteiger partial charge on any atom is -0.466 e. The first-order chi connectivity index (χ1) is 16.2. The van der Waals surface area contributed by atoms with Crippen LogP contribution in [0.3, 0.4) is 0 Å². The number of halogens is 1. The van der Waals surface area contributed by atoms with Crippen molar-refractivity contribution in [3.05, 3.63) is 82.0 Å². The van der Waals surface area contributed by atoms with Gasteiger partial charge in [-0.25, -0.2) is 4.79 Å². The first kappa shape index (κ1) is 25.5. The number of nitrogens with one attached hydrogen (secondary N) is 1. The molecule has 8 heteroatoms. The molecule has 0 radical (unpaired) electrons. The molecule has 0 saturated heterocycles. The molecule has 1 heterocycles. The summed E-state index contributed by atoms with van der Waals surface area (Å²) in [4.78, 5) is 38.2. The summed E-state index contributed by atoms with van der Waals surface area (Å²) in [7, 11) is 0. The van der Waals surface area contributed by atoms with Crippen LogP contribution in [0.25, 0.3) is 0 Å². The fourth-order valence-electron chi connectivity index (χ4n) is 3.61. The van der Waals surface area contributed by atoms with E-state index in [9.17, 15) is 14.4 Å². The summed E-state index contributed by atoms with van der Waals surface area (Å²) in [6, 6.07) is 16.8. The number of cyclic esters (lactones) is 1. The van der Waals surface area contributed by atoms with Crippen molar-refractivity contribution in [1.29, 1.82) is 0 Å². The van der Waals surface area contributed by atoms with E-state index in [0.29, 0.717) is 6.42 Å². The molecule has 34 heavy (non-hydrogen) atoms. The van der Waals surface area contributed by atoms with E-state index in [2.05, 4.69) is 21.2 Å². The van der Waals surface area contributed by atoms with E-state index in [0.717, 1.165) is 15.6 Å². The van der Waals surface area contributed by atoms with E-state index in [-0.39, 0.29) is 19.0 Å². The van der Waals surface area contributed by atoms with E-state index in [4.69, 9.17) is 14.2 Å². The van der Waals surface area contributed by atoms with Crippen LogP contribution in [0.1, 0.15) is 31.9 Å². The van der Waals surface area contributed by atoms with Gasteiger partial charge in [0, 0.05) is 4.47 Å². The zero-order valence-corrected chi connectivity index (χ0v) is 21.0. The number of amides is 1. The molecule has 0 fully saturated rings. The first-order valence-electron chi connectivity index (χ1n) is 11.0. The Morgan fingerprint density at radius 3 is 2.35 bits per heavy atom. The van der Waals surface area contributed by atoms with Crippen molar-refractivity contribution in [1.82, 2.24) is 5.32 Å². The van der Waals surface area contributed by atoms with Crippen molar-refractivity contribution in [2.24, 2.45) is 11.8 Å². The van der Waals surface area contributed by atoms with Crippen molar-refractivity contribution in [3.8, 4) is 0 Å². The van der Waals surface area contributed by atoms with Crippen LogP contribution in [0, 0.1) is 11.8 Å². The zero-order chi connectivity index (χ0) is 24.7. The fourth-order valence-corrected chi connectivity index (χ4v) is 3.88. The maximum atomic E-state index is 13.0. The smallest absolute Gasteiger partial charge is 0.408 e. The lowest BCUT2D eigenvalue weighted by Crippen LogP contribution is -2.49. The van der Waals surface area contributed by atoms with Gasteiger partial charge in [-0.05, 0) is 56.5 Å². The highest BCUT2D eigenvalue weighted by atomic mass is 79.9. The quantitative estimate of drug-likeness (QED) is 0.385. The van der Waals surface area contributed by atoms with Gasteiger partial charge >= 0.3 is 18.0 Å². The van der Waals surface area contributed by atoms with Crippen LogP contribution in [0.15, 0.2) is 70.9 Å². The molecular weight excluding hydrogens is 502 g/mol. The van der Waals surface area contributed by atoms with Crippen molar-refractivity contribution in [2.75, 3.05) is 6.61 Å². The average Bonchev–Trinajstić information content (AvgIpc) is 2.80. The van der Waals surface area contributed by atoms with Crippen LogP contribution in [0.5, 0.6) is 0 Å². The van der Waals surface area contributed by atoms with Gasteiger partial charge in [0.05, 0.1) is 24.0 Å². The highest BCUT2D eigenvalue weighted by molar-refractivity contribution is 9.10. The summed E-state index contributed by atoms with van der Waals surface area (Å²) in [5, 5.41) is 2.72. The van der Waals surface area contributed by atoms with Crippen LogP contribution in [0.2, 0.25) is 0 Å². The number of esters is 2. The van der Waals surface area contributed by atoms with Crippen molar-refractivity contribution >= 4 is 34.0 Å². The maximum Gasteiger partial charge on any atom is 0.408 e. The van der Waals surface area contributed by atoms with Crippen LogP contribution >= 0.6 is 15.9 Å². The Bertz CT molecular complexity index is 1050. The minimum atomic E-state index is -1.10. The Hall–Kier alpha value is -3.13. The standard InChI is InChI=1S/C26H28BrNO6/c1-4-32-23(29)21-15-22(34-24(30)20(21)14-17-10-12-19(27)13-11-17)26(2,3)28-25(31)33-16-18-8-6-5-7-9-18/h5-13,15,20-21H,4,14,16H2,1-3H3,(H,28,31)/t20-,21-/m1/s1. The number of carbonyl (C=O) groups is 3. The molecule has 7 nitrogen and oxygen atoms in total. The molecule has 0 aromatic heterocycles. The molecule has 1 aliphatic heterocycles. The molecular formula is C26H28BrNO6. The highest BCUT2D eigenvalue weighted by Gasteiger charge is 2.43. The van der Waals surface area contributed by atoms with Gasteiger partial charge in [0.15, 0.2) is 0 Å². The molecule has 2 aromatic carbocycles. The Morgan fingerprint density at radius 1 is 1.03 bits per heavy atom. The highest BCUT2D eigenvalue weighted by Crippen LogP contribution is 2.33. The second kappa shape index (κ2) is 11.3. The molecule has 0 aliphatic carbocycles. The second-order valence-corrected chi connectivity index (χ2v) is 9.39. The first-order valence-corrected chi connectivity index (χ1v) is 11.8. The van der Waals surface area contributed by atoms with E-state index in [1.807, 2.05) is 54.6 Å². The summed E-state index contributed by atoms with van der Waals surface area (Å²) in [6.07, 6.45) is 1.21. The molecule has 3 rings (SSSR count).